The van der Waals surface area contributed by atoms with Crippen molar-refractivity contribution in [1.82, 2.24) is 5.32 Å². The zero-order valence-corrected chi connectivity index (χ0v) is 22.3. The summed E-state index contributed by atoms with van der Waals surface area (Å²) in [6.07, 6.45) is 11.2. The van der Waals surface area contributed by atoms with Crippen molar-refractivity contribution in [3.05, 3.63) is 59.4 Å². The highest BCUT2D eigenvalue weighted by Gasteiger charge is 2.39. The fraction of sp³-hybridized carbons (Fsp3) is 0.600. The third-order valence-electron chi connectivity index (χ3n) is 6.76. The van der Waals surface area contributed by atoms with Crippen molar-refractivity contribution in [1.29, 1.82) is 0 Å². The number of Topliss-reactive ketones (excluding diaryl/α,β-unsaturated/α-hetero) is 1. The molecule has 5 nitrogen and oxygen atoms in total. The van der Waals surface area contributed by atoms with Crippen molar-refractivity contribution in [3.63, 3.8) is 0 Å². The zero-order valence-electron chi connectivity index (χ0n) is 22.3. The fourth-order valence-corrected chi connectivity index (χ4v) is 5.46. The van der Waals surface area contributed by atoms with E-state index in [0.29, 0.717) is 29.2 Å². The topological polar surface area (TPSA) is 70.9 Å². The molecule has 1 saturated heterocycles. The number of nitrogens with one attached hydrogen (secondary N) is 1. The molecular weight excluding hydrogens is 436 g/mol. The summed E-state index contributed by atoms with van der Waals surface area (Å²) in [5, 5.41) is 15.1. The van der Waals surface area contributed by atoms with Crippen LogP contribution in [0, 0.1) is 0 Å². The van der Waals surface area contributed by atoms with Crippen molar-refractivity contribution in [2.45, 2.75) is 109 Å². The Kier molecular flexibility index (Phi) is 9.48. The zero-order chi connectivity index (χ0) is 25.5. The first kappa shape index (κ1) is 27.3. The molecule has 35 heavy (non-hydrogen) atoms. The van der Waals surface area contributed by atoms with Crippen molar-refractivity contribution in [3.8, 4) is 0 Å². The van der Waals surface area contributed by atoms with Gasteiger partial charge in [-0.3, -0.25) is 9.79 Å². The normalized spacial score (nSPS) is 23.0. The van der Waals surface area contributed by atoms with Crippen molar-refractivity contribution in [2.75, 3.05) is 6.61 Å². The van der Waals surface area contributed by atoms with Crippen molar-refractivity contribution < 1.29 is 14.6 Å². The molecular formula is C30H44N2O3. The molecule has 1 aliphatic heterocycles. The summed E-state index contributed by atoms with van der Waals surface area (Å²) in [4.78, 5) is 18.2. The summed E-state index contributed by atoms with van der Waals surface area (Å²) in [6, 6.07) is 9.13. The SMILES string of the molecule is CCCCCCCCOC1=CC=C(C(=O)c2ccccc2)C(O)C1=NC1CC(C)(C)NC(C)(C)C1. The van der Waals surface area contributed by atoms with Crippen LogP contribution >= 0.6 is 0 Å². The van der Waals surface area contributed by atoms with E-state index >= 15 is 0 Å². The van der Waals surface area contributed by atoms with E-state index in [-0.39, 0.29) is 22.9 Å². The van der Waals surface area contributed by atoms with Gasteiger partial charge in [0, 0.05) is 22.2 Å². The van der Waals surface area contributed by atoms with E-state index in [1.165, 1.54) is 25.7 Å². The molecule has 0 aromatic heterocycles. The number of aliphatic imine (C=N–C) groups is 1. The van der Waals surface area contributed by atoms with Crippen LogP contribution in [0.4, 0.5) is 0 Å². The van der Waals surface area contributed by atoms with E-state index < -0.39 is 6.10 Å². The van der Waals surface area contributed by atoms with Gasteiger partial charge in [-0.2, -0.15) is 0 Å². The van der Waals surface area contributed by atoms with E-state index in [1.807, 2.05) is 24.3 Å². The lowest BCUT2D eigenvalue weighted by Gasteiger charge is -2.45. The number of benzene rings is 1. The Balaban J connectivity index is 1.81. The van der Waals surface area contributed by atoms with Gasteiger partial charge < -0.3 is 15.2 Å². The van der Waals surface area contributed by atoms with Crippen LogP contribution in [0.25, 0.3) is 0 Å². The standard InChI is InChI=1S/C30H44N2O3/c1-6-7-8-9-10-14-19-35-25-18-17-24(27(33)22-15-12-11-13-16-22)28(34)26(25)31-23-20-29(2,3)32-30(4,5)21-23/h11-13,15-18,23,28,32,34H,6-10,14,19-21H2,1-5H3. The minimum absolute atomic E-state index is 0.0260. The molecule has 2 N–H and O–H groups in total. The highest BCUT2D eigenvalue weighted by Crippen LogP contribution is 2.32. The Morgan fingerprint density at radius 2 is 1.63 bits per heavy atom. The number of aliphatic hydroxyl groups excluding tert-OH is 1. The summed E-state index contributed by atoms with van der Waals surface area (Å²) < 4.78 is 6.15. The predicted molar refractivity (Wildman–Crippen MR) is 144 cm³/mol. The smallest absolute Gasteiger partial charge is 0.192 e. The molecule has 0 spiro atoms. The number of carbonyl (C=O) groups is 1. The Labute approximate surface area is 211 Å². The molecule has 5 heteroatoms. The third-order valence-corrected chi connectivity index (χ3v) is 6.76. The maximum Gasteiger partial charge on any atom is 0.192 e. The van der Waals surface area contributed by atoms with Crippen LogP contribution in [0.1, 0.15) is 96.3 Å². The average molecular weight is 481 g/mol. The molecule has 1 aromatic carbocycles. The molecule has 3 rings (SSSR count). The number of rotatable bonds is 11. The van der Waals surface area contributed by atoms with Crippen LogP contribution in [0.15, 0.2) is 58.8 Å². The minimum Gasteiger partial charge on any atom is -0.492 e. The Hall–Kier alpha value is -2.24. The summed E-state index contributed by atoms with van der Waals surface area (Å²) in [5.41, 5.74) is 1.24. The molecule has 0 saturated carbocycles. The molecule has 1 aliphatic carbocycles. The number of nitrogens with zero attached hydrogens (tertiary/aromatic N) is 1. The van der Waals surface area contributed by atoms with Crippen LogP contribution in [-0.4, -0.2) is 46.4 Å². The molecule has 2 aliphatic rings. The van der Waals surface area contributed by atoms with Gasteiger partial charge in [0.25, 0.3) is 0 Å². The lowest BCUT2D eigenvalue weighted by Crippen LogP contribution is -2.59. The largest absolute Gasteiger partial charge is 0.492 e. The molecule has 1 atom stereocenters. The fourth-order valence-electron chi connectivity index (χ4n) is 5.46. The molecule has 1 heterocycles. The quantitative estimate of drug-likeness (QED) is 0.293. The Morgan fingerprint density at radius 1 is 1.00 bits per heavy atom. The third kappa shape index (κ3) is 7.88. The Morgan fingerprint density at radius 3 is 2.29 bits per heavy atom. The number of unbranched alkanes of at least 4 members (excludes halogenated alkanes) is 5. The maximum absolute atomic E-state index is 13.2. The Bertz CT molecular complexity index is 928. The second-order valence-corrected chi connectivity index (χ2v) is 11.3. The number of carbonyl (C=O) groups excluding carboxylic acids is 1. The van der Waals surface area contributed by atoms with Gasteiger partial charge in [-0.25, -0.2) is 0 Å². The van der Waals surface area contributed by atoms with Crippen LogP contribution in [0.5, 0.6) is 0 Å². The number of ether oxygens (including phenoxy) is 1. The number of hydrogen-bond acceptors (Lipinski definition) is 5. The predicted octanol–water partition coefficient (Wildman–Crippen LogP) is 6.18. The monoisotopic (exact) mass is 480 g/mol. The van der Waals surface area contributed by atoms with E-state index in [0.717, 1.165) is 25.7 Å². The first-order valence-electron chi connectivity index (χ1n) is 13.3. The second-order valence-electron chi connectivity index (χ2n) is 11.3. The maximum atomic E-state index is 13.2. The van der Waals surface area contributed by atoms with Crippen LogP contribution < -0.4 is 5.32 Å². The molecule has 192 valence electrons. The molecule has 0 bridgehead atoms. The number of hydrogen-bond donors (Lipinski definition) is 2. The van der Waals surface area contributed by atoms with E-state index in [1.54, 1.807) is 18.2 Å². The van der Waals surface area contributed by atoms with Crippen molar-refractivity contribution >= 4 is 11.5 Å². The molecule has 0 amide bonds. The summed E-state index contributed by atoms with van der Waals surface area (Å²) >= 11 is 0. The number of allylic oxidation sites excluding steroid dienone is 2. The first-order valence-corrected chi connectivity index (χ1v) is 13.3. The van der Waals surface area contributed by atoms with Crippen molar-refractivity contribution in [2.24, 2.45) is 4.99 Å². The van der Waals surface area contributed by atoms with E-state index in [4.69, 9.17) is 9.73 Å². The first-order chi connectivity index (χ1) is 16.6. The molecule has 1 aromatic rings. The van der Waals surface area contributed by atoms with Gasteiger partial charge in [-0.05, 0) is 59.1 Å². The highest BCUT2D eigenvalue weighted by molar-refractivity contribution is 6.17. The minimum atomic E-state index is -1.10. The molecule has 1 fully saturated rings. The molecule has 1 unspecified atom stereocenters. The number of aliphatic hydroxyl groups is 1. The summed E-state index contributed by atoms with van der Waals surface area (Å²) in [7, 11) is 0. The van der Waals surface area contributed by atoms with Gasteiger partial charge in [0.05, 0.1) is 12.6 Å². The van der Waals surface area contributed by atoms with Gasteiger partial charge in [-0.1, -0.05) is 69.4 Å². The van der Waals surface area contributed by atoms with Crippen LogP contribution in [-0.2, 0) is 4.74 Å². The average Bonchev–Trinajstić information content (AvgIpc) is 2.78. The summed E-state index contributed by atoms with van der Waals surface area (Å²) in [5.74, 6) is 0.410. The van der Waals surface area contributed by atoms with Gasteiger partial charge in [-0.15, -0.1) is 0 Å². The van der Waals surface area contributed by atoms with Crippen LogP contribution in [0.2, 0.25) is 0 Å². The molecule has 0 radical (unpaired) electrons. The van der Waals surface area contributed by atoms with Gasteiger partial charge in [0.2, 0.25) is 0 Å². The lowest BCUT2D eigenvalue weighted by atomic mass is 9.79. The highest BCUT2D eigenvalue weighted by atomic mass is 16.5. The number of ketones is 1. The van der Waals surface area contributed by atoms with Gasteiger partial charge in [0.1, 0.15) is 17.6 Å². The van der Waals surface area contributed by atoms with Crippen LogP contribution in [0.3, 0.4) is 0 Å². The van der Waals surface area contributed by atoms with Gasteiger partial charge >= 0.3 is 0 Å². The van der Waals surface area contributed by atoms with E-state index in [2.05, 4.69) is 39.9 Å². The summed E-state index contributed by atoms with van der Waals surface area (Å²) in [6.45, 7) is 11.6. The lowest BCUT2D eigenvalue weighted by molar-refractivity contribution is 0.100. The van der Waals surface area contributed by atoms with E-state index in [9.17, 15) is 9.90 Å². The van der Waals surface area contributed by atoms with Gasteiger partial charge in [0.15, 0.2) is 5.78 Å². The number of piperidine rings is 1. The second kappa shape index (κ2) is 12.1.